The first kappa shape index (κ1) is 12.3. The van der Waals surface area contributed by atoms with E-state index < -0.39 is 29.6 Å². The summed E-state index contributed by atoms with van der Waals surface area (Å²) < 4.78 is 0. The number of carbonyl (C=O) groups is 4. The molecule has 0 aromatic rings. The zero-order chi connectivity index (χ0) is 13.7. The smallest absolute Gasteiger partial charge is 0.324 e. The molecule has 2 rings (SSSR count). The fourth-order valence-corrected chi connectivity index (χ4v) is 1.91. The number of hydrogen-bond donors (Lipinski definition) is 2. The predicted molar refractivity (Wildman–Crippen MR) is 59.4 cm³/mol. The topological polar surface area (TPSA) is 98.8 Å². The highest BCUT2D eigenvalue weighted by Crippen LogP contribution is 2.25. The third kappa shape index (κ3) is 1.60. The molecular formula is C10H14N4O4. The molecule has 0 saturated carbocycles. The maximum atomic E-state index is 12.0. The molecule has 2 fully saturated rings. The number of amides is 6. The minimum Gasteiger partial charge on any atom is -0.324 e. The highest BCUT2D eigenvalue weighted by Gasteiger charge is 2.50. The van der Waals surface area contributed by atoms with Crippen molar-refractivity contribution in [1.82, 2.24) is 20.4 Å². The predicted octanol–water partition coefficient (Wildman–Crippen LogP) is -1.13. The van der Waals surface area contributed by atoms with E-state index >= 15 is 0 Å². The molecular weight excluding hydrogens is 240 g/mol. The molecule has 8 nitrogen and oxygen atoms in total. The quantitative estimate of drug-likeness (QED) is 0.609. The van der Waals surface area contributed by atoms with Crippen molar-refractivity contribution in [3.63, 3.8) is 0 Å². The molecule has 1 atom stereocenters. The maximum Gasteiger partial charge on any atom is 0.327 e. The van der Waals surface area contributed by atoms with Gasteiger partial charge in [0.25, 0.3) is 11.8 Å². The summed E-state index contributed by atoms with van der Waals surface area (Å²) >= 11 is 0. The van der Waals surface area contributed by atoms with Crippen LogP contribution >= 0.6 is 0 Å². The summed E-state index contributed by atoms with van der Waals surface area (Å²) in [5.74, 6) is -0.920. The lowest BCUT2D eigenvalue weighted by atomic mass is 10.1. The van der Waals surface area contributed by atoms with Gasteiger partial charge in [-0.2, -0.15) is 0 Å². The van der Waals surface area contributed by atoms with Gasteiger partial charge in [-0.3, -0.25) is 19.8 Å². The van der Waals surface area contributed by atoms with E-state index in [1.807, 2.05) is 0 Å². The monoisotopic (exact) mass is 254 g/mol. The highest BCUT2D eigenvalue weighted by molar-refractivity contribution is 6.08. The Labute approximate surface area is 103 Å². The zero-order valence-corrected chi connectivity index (χ0v) is 10.3. The molecule has 1 unspecified atom stereocenters. The summed E-state index contributed by atoms with van der Waals surface area (Å²) in [6.45, 7) is 3.10. The molecule has 2 heterocycles. The number of hydrogen-bond acceptors (Lipinski definition) is 4. The second-order valence-corrected chi connectivity index (χ2v) is 4.83. The van der Waals surface area contributed by atoms with Crippen molar-refractivity contribution in [3.05, 3.63) is 0 Å². The van der Waals surface area contributed by atoms with Crippen LogP contribution in [-0.2, 0) is 9.59 Å². The summed E-state index contributed by atoms with van der Waals surface area (Å²) in [7, 11) is 1.52. The number of nitrogens with zero attached hydrogens (tertiary/aromatic N) is 2. The Hall–Kier alpha value is -2.12. The van der Waals surface area contributed by atoms with Crippen molar-refractivity contribution < 1.29 is 19.2 Å². The molecule has 0 bridgehead atoms. The fraction of sp³-hybridized carbons (Fsp3) is 0.600. The number of likely N-dealkylation sites (N-methyl/N-ethyl adjacent to an activating group) is 1. The average Bonchev–Trinajstić information content (AvgIpc) is 2.66. The Kier molecular flexibility index (Phi) is 2.53. The van der Waals surface area contributed by atoms with Gasteiger partial charge >= 0.3 is 12.1 Å². The van der Waals surface area contributed by atoms with Crippen molar-refractivity contribution >= 4 is 23.9 Å². The number of urea groups is 2. The normalized spacial score (nSPS) is 26.7. The zero-order valence-electron chi connectivity index (χ0n) is 10.3. The molecule has 0 aliphatic carbocycles. The molecule has 2 aliphatic rings. The van der Waals surface area contributed by atoms with E-state index in [1.165, 1.54) is 11.9 Å². The summed E-state index contributed by atoms with van der Waals surface area (Å²) in [6.07, 6.45) is 0. The standard InChI is InChI=1S/C10H14N4O4/c1-10(2)7(16)14(9(18)13(10)3)4-5-6(15)12-8(17)11-5/h5H,4H2,1-3H3,(H2,11,12,15,17). The molecule has 18 heavy (non-hydrogen) atoms. The van der Waals surface area contributed by atoms with E-state index in [0.717, 1.165) is 4.90 Å². The molecule has 0 radical (unpaired) electrons. The van der Waals surface area contributed by atoms with Crippen LogP contribution in [0.15, 0.2) is 0 Å². The molecule has 98 valence electrons. The number of nitrogens with one attached hydrogen (secondary N) is 2. The van der Waals surface area contributed by atoms with E-state index in [-0.39, 0.29) is 12.5 Å². The lowest BCUT2D eigenvalue weighted by Crippen LogP contribution is -2.46. The number of carbonyl (C=O) groups excluding carboxylic acids is 4. The fourth-order valence-electron chi connectivity index (χ4n) is 1.91. The summed E-state index contributed by atoms with van der Waals surface area (Å²) in [5, 5.41) is 4.40. The number of imide groups is 2. The van der Waals surface area contributed by atoms with Gasteiger partial charge in [-0.1, -0.05) is 0 Å². The first-order chi connectivity index (χ1) is 8.25. The van der Waals surface area contributed by atoms with Crippen LogP contribution in [0.5, 0.6) is 0 Å². The van der Waals surface area contributed by atoms with Crippen molar-refractivity contribution in [3.8, 4) is 0 Å². The second kappa shape index (κ2) is 3.69. The Balaban J connectivity index is 2.16. The lowest BCUT2D eigenvalue weighted by molar-refractivity contribution is -0.132. The van der Waals surface area contributed by atoms with Crippen LogP contribution in [0.2, 0.25) is 0 Å². The highest BCUT2D eigenvalue weighted by atomic mass is 16.2. The van der Waals surface area contributed by atoms with Gasteiger partial charge in [0.2, 0.25) is 0 Å². The lowest BCUT2D eigenvalue weighted by Gasteiger charge is -2.22. The van der Waals surface area contributed by atoms with E-state index in [0.29, 0.717) is 0 Å². The number of rotatable bonds is 2. The van der Waals surface area contributed by atoms with E-state index in [9.17, 15) is 19.2 Å². The third-order valence-electron chi connectivity index (χ3n) is 3.35. The van der Waals surface area contributed by atoms with Gasteiger partial charge in [0, 0.05) is 7.05 Å². The van der Waals surface area contributed by atoms with Gasteiger partial charge < -0.3 is 10.2 Å². The Bertz CT molecular complexity index is 459. The van der Waals surface area contributed by atoms with Crippen LogP contribution in [0.4, 0.5) is 9.59 Å². The molecule has 6 amide bonds. The Morgan fingerprint density at radius 2 is 1.83 bits per heavy atom. The van der Waals surface area contributed by atoms with Gasteiger partial charge in [-0.25, -0.2) is 9.59 Å². The van der Waals surface area contributed by atoms with Crippen molar-refractivity contribution in [2.24, 2.45) is 0 Å². The van der Waals surface area contributed by atoms with Crippen LogP contribution in [0.3, 0.4) is 0 Å². The van der Waals surface area contributed by atoms with Crippen molar-refractivity contribution in [2.75, 3.05) is 13.6 Å². The first-order valence-electron chi connectivity index (χ1n) is 5.46. The van der Waals surface area contributed by atoms with Gasteiger partial charge in [0.05, 0.1) is 6.54 Å². The summed E-state index contributed by atoms with van der Waals surface area (Å²) in [5.41, 5.74) is -0.934. The van der Waals surface area contributed by atoms with Crippen molar-refractivity contribution in [2.45, 2.75) is 25.4 Å². The minimum atomic E-state index is -0.934. The molecule has 0 spiro atoms. The van der Waals surface area contributed by atoms with E-state index in [1.54, 1.807) is 13.8 Å². The Morgan fingerprint density at radius 3 is 2.22 bits per heavy atom. The molecule has 0 aromatic carbocycles. The van der Waals surface area contributed by atoms with E-state index in [4.69, 9.17) is 0 Å². The Morgan fingerprint density at radius 1 is 1.22 bits per heavy atom. The molecule has 2 saturated heterocycles. The van der Waals surface area contributed by atoms with Crippen LogP contribution in [0.25, 0.3) is 0 Å². The molecule has 2 aliphatic heterocycles. The maximum absolute atomic E-state index is 12.0. The summed E-state index contributed by atoms with van der Waals surface area (Å²) in [4.78, 5) is 48.6. The second-order valence-electron chi connectivity index (χ2n) is 4.83. The minimum absolute atomic E-state index is 0.150. The summed E-state index contributed by atoms with van der Waals surface area (Å²) in [6, 6.07) is -1.97. The SMILES string of the molecule is CN1C(=O)N(CC2NC(=O)NC2=O)C(=O)C1(C)C. The van der Waals surface area contributed by atoms with E-state index in [2.05, 4.69) is 10.6 Å². The van der Waals surface area contributed by atoms with Crippen LogP contribution in [0, 0.1) is 0 Å². The van der Waals surface area contributed by atoms with Gasteiger partial charge in [0.1, 0.15) is 11.6 Å². The molecule has 0 aromatic heterocycles. The van der Waals surface area contributed by atoms with Crippen LogP contribution in [0.1, 0.15) is 13.8 Å². The van der Waals surface area contributed by atoms with Gasteiger partial charge in [-0.05, 0) is 13.8 Å². The molecule has 2 N–H and O–H groups in total. The van der Waals surface area contributed by atoms with Crippen LogP contribution < -0.4 is 10.6 Å². The van der Waals surface area contributed by atoms with Gasteiger partial charge in [0.15, 0.2) is 0 Å². The first-order valence-corrected chi connectivity index (χ1v) is 5.46. The largest absolute Gasteiger partial charge is 0.327 e. The average molecular weight is 254 g/mol. The van der Waals surface area contributed by atoms with Crippen LogP contribution in [-0.4, -0.2) is 58.8 Å². The third-order valence-corrected chi connectivity index (χ3v) is 3.35. The molecule has 8 heteroatoms. The van der Waals surface area contributed by atoms with Crippen molar-refractivity contribution in [1.29, 1.82) is 0 Å². The van der Waals surface area contributed by atoms with Gasteiger partial charge in [-0.15, -0.1) is 0 Å².